The number of thioether (sulfide) groups is 4. The van der Waals surface area contributed by atoms with Gasteiger partial charge in [0, 0.05) is 123 Å². The van der Waals surface area contributed by atoms with Crippen molar-refractivity contribution in [3.8, 4) is 46.1 Å². The van der Waals surface area contributed by atoms with Gasteiger partial charge in [0.25, 0.3) is 0 Å². The van der Waals surface area contributed by atoms with Crippen LogP contribution < -0.4 is 23.4 Å². The Balaban J connectivity index is -0.000000773. The Bertz CT molecular complexity index is 5470. The number of aliphatic hydroxyl groups excluding tert-OH is 4. The van der Waals surface area contributed by atoms with Crippen LogP contribution in [0.15, 0.2) is 264 Å². The van der Waals surface area contributed by atoms with Crippen molar-refractivity contribution in [2.24, 2.45) is 0 Å². The number of aliphatic hydroxyl groups is 4. The van der Waals surface area contributed by atoms with E-state index in [9.17, 15) is 0 Å². The zero-order valence-electron chi connectivity index (χ0n) is 72.8. The number of rotatable bonds is 16. The van der Waals surface area contributed by atoms with E-state index in [-0.39, 0.29) is 77.9 Å². The average molecular weight is 2220 g/mol. The first-order valence-electron chi connectivity index (χ1n) is 35.7. The molecule has 0 amide bonds. The van der Waals surface area contributed by atoms with Gasteiger partial charge in [0.1, 0.15) is 22.8 Å². The Morgan fingerprint density at radius 1 is 0.236 bits per heavy atom. The molecule has 0 aliphatic rings. The minimum Gasteiger partial charge on any atom is -0.400 e. The molecule has 0 spiro atoms. The molecule has 16 aromatic rings. The number of benzene rings is 4. The Labute approximate surface area is 853 Å². The third kappa shape index (κ3) is 52.9. The van der Waals surface area contributed by atoms with E-state index in [2.05, 4.69) is 80.7 Å². The molecule has 0 radical (unpaired) electrons. The molecule has 0 saturated heterocycles. The molecule has 140 heavy (non-hydrogen) atoms. The van der Waals surface area contributed by atoms with Crippen LogP contribution in [0.4, 0.5) is 0 Å². The summed E-state index contributed by atoms with van der Waals surface area (Å²) in [7, 11) is 4.00. The first-order valence-corrected chi connectivity index (χ1v) is 39.7. The maximum atomic E-state index is 8.25. The van der Waals surface area contributed by atoms with Gasteiger partial charge in [-0.1, -0.05) is 144 Å². The predicted octanol–water partition coefficient (Wildman–Crippen LogP) is 8.09. The maximum absolute atomic E-state index is 8.25. The summed E-state index contributed by atoms with van der Waals surface area (Å²) in [5, 5.41) is 186. The van der Waals surface area contributed by atoms with Crippen LogP contribution in [0.5, 0.6) is 0 Å². The summed E-state index contributed by atoms with van der Waals surface area (Å²) in [5.74, 6) is 29.9. The van der Waals surface area contributed by atoms with Crippen molar-refractivity contribution in [1.29, 1.82) is 0 Å². The van der Waals surface area contributed by atoms with Gasteiger partial charge in [0.2, 0.25) is 43.9 Å². The van der Waals surface area contributed by atoms with E-state index in [1.807, 2.05) is 194 Å². The van der Waals surface area contributed by atoms with Crippen LogP contribution in [0.2, 0.25) is 0 Å². The maximum Gasteiger partial charge on any atom is 2.00 e. The molecule has 12 heterocycles. The van der Waals surface area contributed by atoms with Gasteiger partial charge in [0.15, 0.2) is 0 Å². The van der Waals surface area contributed by atoms with Gasteiger partial charge in [-0.15, -0.1) is 40.8 Å². The van der Waals surface area contributed by atoms with E-state index >= 15 is 0 Å². The van der Waals surface area contributed by atoms with E-state index in [4.69, 9.17) is 166 Å². The van der Waals surface area contributed by atoms with Crippen molar-refractivity contribution < 1.29 is 139 Å². The van der Waals surface area contributed by atoms with Gasteiger partial charge in [-0.05, 0) is 119 Å². The van der Waals surface area contributed by atoms with Crippen molar-refractivity contribution >= 4 is 90.7 Å². The van der Waals surface area contributed by atoms with Crippen molar-refractivity contribution in [3.63, 3.8) is 0 Å². The molecule has 16 rings (SSSR count). The zero-order valence-corrected chi connectivity index (χ0v) is 87.9. The summed E-state index contributed by atoms with van der Waals surface area (Å²) in [6.07, 6.45) is 14.2. The Kier molecular flexibility index (Phi) is 70.3. The second-order valence-corrected chi connectivity index (χ2v) is 26.4. The molecule has 0 unspecified atom stereocenters. The first kappa shape index (κ1) is 130. The molecule has 0 aliphatic heterocycles. The molecule has 68 heteroatoms. The summed E-state index contributed by atoms with van der Waals surface area (Å²) in [6.45, 7) is 0. The fourth-order valence-corrected chi connectivity index (χ4v) is 12.7. The molecule has 0 atom stereocenters. The van der Waals surface area contributed by atoms with E-state index in [0.717, 1.165) is 117 Å². The third-order valence-corrected chi connectivity index (χ3v) is 18.5. The van der Waals surface area contributed by atoms with Crippen molar-refractivity contribution in [2.75, 3.05) is 51.8 Å². The third-order valence-electron chi connectivity index (χ3n) is 14.4. The van der Waals surface area contributed by atoms with Gasteiger partial charge in [-0.2, -0.15) is 0 Å². The topological polar surface area (TPSA) is 941 Å². The standard InChI is InChI=1S/4C17H14N6S.4CH4O.8NO3.4Zn/c4*18-23-16(15-6-5-13-3-1-2-4-14(13)20-15)21-22-17(23)24-11-12-7-9-19-10-8-12;4*1-2;8*2-1(3)4;;;;/h4*1-10H,11,18H2;4*2H,1H3;;;;;;;;;;;;/q;;;;;;;;8*-1;4*+2. The Morgan fingerprint density at radius 2 is 0.379 bits per heavy atom. The number of hydrogen-bond donors (Lipinski definition) is 8. The number of nitrogen functional groups attached to an aromatic ring is 4. The molecular weight excluding hydrogens is 2150 g/mol. The van der Waals surface area contributed by atoms with Crippen LogP contribution >= 0.6 is 47.0 Å². The number of hydrogen-bond acceptors (Lipinski definition) is 52. The van der Waals surface area contributed by atoms with Gasteiger partial charge >= 0.3 is 77.9 Å². The smallest absolute Gasteiger partial charge is 0.400 e. The van der Waals surface area contributed by atoms with E-state index in [1.54, 1.807) is 49.6 Å². The van der Waals surface area contributed by atoms with Crippen molar-refractivity contribution in [3.05, 3.63) is 389 Å². The molecule has 4 aromatic carbocycles. The second kappa shape index (κ2) is 75.4. The molecule has 60 nitrogen and oxygen atoms in total. The van der Waals surface area contributed by atoms with Crippen LogP contribution in [-0.2, 0) is 101 Å². The van der Waals surface area contributed by atoms with E-state index in [0.29, 0.717) is 66.7 Å². The van der Waals surface area contributed by atoms with Crippen molar-refractivity contribution in [1.82, 2.24) is 99.4 Å². The molecule has 12 aromatic heterocycles. The summed E-state index contributed by atoms with van der Waals surface area (Å²) in [4.78, 5) is 101. The zero-order chi connectivity index (χ0) is 102. The largest absolute Gasteiger partial charge is 2.00 e. The summed E-state index contributed by atoms with van der Waals surface area (Å²) in [5.41, 5.74) is 11.1. The Morgan fingerprint density at radius 3 is 0.529 bits per heavy atom. The van der Waals surface area contributed by atoms with E-state index in [1.165, 1.54) is 65.8 Å². The number of fused-ring (bicyclic) bond motifs is 4. The molecule has 0 aliphatic carbocycles. The quantitative estimate of drug-likeness (QED) is 0.0149. The van der Waals surface area contributed by atoms with E-state index < -0.39 is 40.7 Å². The number of pyridine rings is 8. The monoisotopic (exact) mass is 2220 g/mol. The van der Waals surface area contributed by atoms with Crippen LogP contribution in [0, 0.1) is 123 Å². The fraction of sp³-hybridized carbons (Fsp3) is 0.111. The summed E-state index contributed by atoms with van der Waals surface area (Å²) >= 11 is 6.11. The first-order chi connectivity index (χ1) is 65.1. The van der Waals surface area contributed by atoms with Gasteiger partial charge in [0.05, 0.1) is 62.8 Å². The number of aromatic nitrogens is 20. The Hall–Kier alpha value is -15.8. The minimum atomic E-state index is -1.75. The number of para-hydroxylation sites is 4. The minimum absolute atomic E-state index is 0. The molecule has 0 saturated carbocycles. The summed E-state index contributed by atoms with van der Waals surface area (Å²) in [6, 6.07) is 63.2. The molecule has 0 bridgehead atoms. The van der Waals surface area contributed by atoms with Gasteiger partial charge < -0.3 is 166 Å². The molecular formula is C72H72N32O28S4Zn4. The van der Waals surface area contributed by atoms with Crippen molar-refractivity contribution in [2.45, 2.75) is 43.6 Å². The number of nitrogens with zero attached hydrogens (tertiary/aromatic N) is 28. The average Bonchev–Trinajstić information content (AvgIpc) is 1.63. The fourth-order valence-electron chi connectivity index (χ4n) is 9.47. The normalized spacial score (nSPS) is 9.09. The van der Waals surface area contributed by atoms with Gasteiger partial charge in [-0.3, -0.25) is 19.9 Å². The predicted molar refractivity (Wildman–Crippen MR) is 494 cm³/mol. The van der Waals surface area contributed by atoms with Crippen LogP contribution in [0.3, 0.4) is 0 Å². The molecule has 12 N–H and O–H groups in total. The SMILES string of the molecule is CO.CO.CO.CO.Nn1c(SCc2ccncc2)nnc1-c1ccc2ccccc2n1.Nn1c(SCc2ccncc2)nnc1-c1ccc2ccccc2n1.Nn1c(SCc2ccncc2)nnc1-c1ccc2ccccc2n1.Nn1c(SCc2ccncc2)nnc1-c1ccc2ccccc2n1.O=[N+]([O-])[O-].O=[N+]([O-])[O-].O=[N+]([O-])[O-].O=[N+]([O-])[O-].O=[N+]([O-])[O-].O=[N+]([O-])[O-].O=[N+]([O-])[O-].O=[N+]([O-])[O-].[Zn+2].[Zn+2].[Zn+2].[Zn+2]. The molecule has 0 fully saturated rings. The molecule has 720 valence electrons. The number of nitrogens with two attached hydrogens (primary N) is 4. The van der Waals surface area contributed by atoms with Crippen LogP contribution in [-0.4, -0.2) is 189 Å². The summed E-state index contributed by atoms with van der Waals surface area (Å²) < 4.78 is 5.96. The van der Waals surface area contributed by atoms with Crippen LogP contribution in [0.25, 0.3) is 89.7 Å². The van der Waals surface area contributed by atoms with Gasteiger partial charge in [-0.25, -0.2) is 38.6 Å². The van der Waals surface area contributed by atoms with Crippen LogP contribution in [0.1, 0.15) is 22.3 Å². The second-order valence-electron chi connectivity index (χ2n) is 22.6.